The molecule has 0 spiro atoms. The van der Waals surface area contributed by atoms with E-state index >= 15 is 0 Å². The van der Waals surface area contributed by atoms with Gasteiger partial charge in [0.05, 0.1) is 0 Å². The maximum Gasteiger partial charge on any atom is 0.320 e. The number of rotatable bonds is 3. The van der Waals surface area contributed by atoms with Crippen LogP contribution in [-0.4, -0.2) is 33.5 Å². The van der Waals surface area contributed by atoms with Gasteiger partial charge in [0.1, 0.15) is 6.04 Å². The zero-order chi connectivity index (χ0) is 13.9. The minimum atomic E-state index is -0.699. The van der Waals surface area contributed by atoms with E-state index in [9.17, 15) is 9.90 Å². The average molecular weight is 270 g/mol. The Morgan fingerprint density at radius 2 is 2.20 bits per heavy atom. The van der Waals surface area contributed by atoms with Crippen molar-refractivity contribution in [3.63, 3.8) is 0 Å². The molecule has 1 aromatic heterocycles. The number of carboxylic acid groups (broad SMARTS) is 1. The van der Waals surface area contributed by atoms with E-state index in [1.807, 2.05) is 12.3 Å². The summed E-state index contributed by atoms with van der Waals surface area (Å²) in [6.45, 7) is 1.57. The fourth-order valence-corrected chi connectivity index (χ4v) is 2.93. The highest BCUT2D eigenvalue weighted by Crippen LogP contribution is 2.21. The molecule has 1 saturated heterocycles. The van der Waals surface area contributed by atoms with Crippen molar-refractivity contribution < 1.29 is 9.90 Å². The van der Waals surface area contributed by atoms with E-state index in [-0.39, 0.29) is 6.04 Å². The standard InChI is InChI=1S/C16H18N2O2/c19-16(20)15-3-1-2-8-18(15)11-12-4-5-14-10-17-7-6-13(14)9-12/h4-7,9-10,15H,1-3,8,11H2,(H,19,20). The molecule has 0 amide bonds. The van der Waals surface area contributed by atoms with Crippen molar-refractivity contribution >= 4 is 16.7 Å². The predicted octanol–water partition coefficient (Wildman–Crippen LogP) is 2.67. The van der Waals surface area contributed by atoms with Crippen LogP contribution >= 0.6 is 0 Å². The Labute approximate surface area is 118 Å². The molecule has 1 N–H and O–H groups in total. The van der Waals surface area contributed by atoms with Crippen molar-refractivity contribution in [2.24, 2.45) is 0 Å². The molecule has 2 heterocycles. The van der Waals surface area contributed by atoms with Gasteiger partial charge in [-0.15, -0.1) is 0 Å². The molecule has 1 aliphatic heterocycles. The number of hydrogen-bond donors (Lipinski definition) is 1. The highest BCUT2D eigenvalue weighted by Gasteiger charge is 2.28. The van der Waals surface area contributed by atoms with Crippen molar-refractivity contribution in [3.05, 3.63) is 42.2 Å². The van der Waals surface area contributed by atoms with Crippen LogP contribution in [0.2, 0.25) is 0 Å². The van der Waals surface area contributed by atoms with Crippen molar-refractivity contribution in [3.8, 4) is 0 Å². The van der Waals surface area contributed by atoms with Gasteiger partial charge in [-0.05, 0) is 42.5 Å². The number of pyridine rings is 1. The van der Waals surface area contributed by atoms with Crippen LogP contribution in [-0.2, 0) is 11.3 Å². The summed E-state index contributed by atoms with van der Waals surface area (Å²) in [4.78, 5) is 17.5. The molecule has 1 fully saturated rings. The maximum atomic E-state index is 11.3. The number of carboxylic acids is 1. The zero-order valence-corrected chi connectivity index (χ0v) is 11.3. The van der Waals surface area contributed by atoms with Crippen LogP contribution in [0.15, 0.2) is 36.7 Å². The van der Waals surface area contributed by atoms with Crippen LogP contribution in [0, 0.1) is 0 Å². The molecule has 3 rings (SSSR count). The van der Waals surface area contributed by atoms with Crippen molar-refractivity contribution in [2.45, 2.75) is 31.8 Å². The van der Waals surface area contributed by atoms with Crippen LogP contribution in [0.4, 0.5) is 0 Å². The van der Waals surface area contributed by atoms with E-state index in [1.54, 1.807) is 6.20 Å². The summed E-state index contributed by atoms with van der Waals surface area (Å²) in [7, 11) is 0. The Hall–Kier alpha value is -1.94. The van der Waals surface area contributed by atoms with Crippen LogP contribution in [0.1, 0.15) is 24.8 Å². The summed E-state index contributed by atoms with van der Waals surface area (Å²) >= 11 is 0. The van der Waals surface area contributed by atoms with Crippen LogP contribution < -0.4 is 0 Å². The highest BCUT2D eigenvalue weighted by atomic mass is 16.4. The lowest BCUT2D eigenvalue weighted by Crippen LogP contribution is -2.43. The number of likely N-dealkylation sites (tertiary alicyclic amines) is 1. The average Bonchev–Trinajstić information content (AvgIpc) is 2.47. The van der Waals surface area contributed by atoms with Crippen molar-refractivity contribution in [2.75, 3.05) is 6.54 Å². The van der Waals surface area contributed by atoms with Gasteiger partial charge in [0.15, 0.2) is 0 Å². The lowest BCUT2D eigenvalue weighted by Gasteiger charge is -2.32. The molecule has 1 unspecified atom stereocenters. The minimum Gasteiger partial charge on any atom is -0.480 e. The van der Waals surface area contributed by atoms with Gasteiger partial charge < -0.3 is 5.11 Å². The molecule has 0 radical (unpaired) electrons. The van der Waals surface area contributed by atoms with Crippen molar-refractivity contribution in [1.82, 2.24) is 9.88 Å². The molecule has 0 aliphatic carbocycles. The molecule has 4 nitrogen and oxygen atoms in total. The quantitative estimate of drug-likeness (QED) is 0.931. The van der Waals surface area contributed by atoms with Gasteiger partial charge in [0.25, 0.3) is 0 Å². The Balaban J connectivity index is 1.82. The Kier molecular flexibility index (Phi) is 3.65. The number of hydrogen-bond acceptors (Lipinski definition) is 3. The van der Waals surface area contributed by atoms with Gasteiger partial charge in [-0.1, -0.05) is 18.6 Å². The lowest BCUT2D eigenvalue weighted by atomic mass is 10.0. The summed E-state index contributed by atoms with van der Waals surface area (Å²) in [6.07, 6.45) is 6.48. The van der Waals surface area contributed by atoms with Crippen LogP contribution in [0.5, 0.6) is 0 Å². The third-order valence-electron chi connectivity index (χ3n) is 3.99. The van der Waals surface area contributed by atoms with E-state index in [0.29, 0.717) is 6.54 Å². The Morgan fingerprint density at radius 3 is 3.05 bits per heavy atom. The fraction of sp³-hybridized carbons (Fsp3) is 0.375. The molecule has 1 atom stereocenters. The molecular weight excluding hydrogens is 252 g/mol. The molecule has 4 heteroatoms. The second-order valence-corrected chi connectivity index (χ2v) is 5.38. The Bertz CT molecular complexity index is 627. The fourth-order valence-electron chi connectivity index (χ4n) is 2.93. The summed E-state index contributed by atoms with van der Waals surface area (Å²) in [6, 6.07) is 7.90. The second kappa shape index (κ2) is 5.59. The molecule has 20 heavy (non-hydrogen) atoms. The van der Waals surface area contributed by atoms with Gasteiger partial charge in [0.2, 0.25) is 0 Å². The first-order valence-electron chi connectivity index (χ1n) is 7.03. The molecule has 0 saturated carbocycles. The summed E-state index contributed by atoms with van der Waals surface area (Å²) in [5.74, 6) is -0.699. The molecule has 0 bridgehead atoms. The number of piperidine rings is 1. The number of benzene rings is 1. The largest absolute Gasteiger partial charge is 0.480 e. The van der Waals surface area contributed by atoms with Crippen LogP contribution in [0.3, 0.4) is 0 Å². The molecule has 2 aromatic rings. The summed E-state index contributed by atoms with van der Waals surface area (Å²) < 4.78 is 0. The van der Waals surface area contributed by atoms with E-state index in [0.717, 1.165) is 42.1 Å². The normalized spacial score (nSPS) is 20.1. The number of aromatic nitrogens is 1. The first-order valence-corrected chi connectivity index (χ1v) is 7.03. The smallest absolute Gasteiger partial charge is 0.320 e. The second-order valence-electron chi connectivity index (χ2n) is 5.38. The zero-order valence-electron chi connectivity index (χ0n) is 11.3. The van der Waals surface area contributed by atoms with Gasteiger partial charge in [-0.25, -0.2) is 0 Å². The number of carbonyl (C=O) groups is 1. The van der Waals surface area contributed by atoms with Gasteiger partial charge in [-0.3, -0.25) is 14.7 Å². The maximum absolute atomic E-state index is 11.3. The molecule has 1 aliphatic rings. The highest BCUT2D eigenvalue weighted by molar-refractivity contribution is 5.82. The van der Waals surface area contributed by atoms with E-state index < -0.39 is 5.97 Å². The van der Waals surface area contributed by atoms with E-state index in [4.69, 9.17) is 0 Å². The van der Waals surface area contributed by atoms with Gasteiger partial charge in [-0.2, -0.15) is 0 Å². The third kappa shape index (κ3) is 2.65. The Morgan fingerprint density at radius 1 is 1.30 bits per heavy atom. The first kappa shape index (κ1) is 13.1. The topological polar surface area (TPSA) is 53.4 Å². The lowest BCUT2D eigenvalue weighted by molar-refractivity contribution is -0.144. The number of aliphatic carboxylic acids is 1. The number of fused-ring (bicyclic) bond motifs is 1. The molecule has 1 aromatic carbocycles. The number of nitrogens with zero attached hydrogens (tertiary/aromatic N) is 2. The van der Waals surface area contributed by atoms with E-state index in [2.05, 4.69) is 28.1 Å². The van der Waals surface area contributed by atoms with Gasteiger partial charge in [0, 0.05) is 24.3 Å². The monoisotopic (exact) mass is 270 g/mol. The van der Waals surface area contributed by atoms with E-state index in [1.165, 1.54) is 0 Å². The summed E-state index contributed by atoms with van der Waals surface area (Å²) in [5, 5.41) is 11.6. The SMILES string of the molecule is O=C(O)C1CCCCN1Cc1ccc2cnccc2c1. The molecule has 104 valence electrons. The molecular formula is C16H18N2O2. The van der Waals surface area contributed by atoms with Gasteiger partial charge >= 0.3 is 5.97 Å². The third-order valence-corrected chi connectivity index (χ3v) is 3.99. The first-order chi connectivity index (χ1) is 9.74. The predicted molar refractivity (Wildman–Crippen MR) is 77.4 cm³/mol. The minimum absolute atomic E-state index is 0.336. The van der Waals surface area contributed by atoms with Crippen molar-refractivity contribution in [1.29, 1.82) is 0 Å². The van der Waals surface area contributed by atoms with Crippen LogP contribution in [0.25, 0.3) is 10.8 Å². The summed E-state index contributed by atoms with van der Waals surface area (Å²) in [5.41, 5.74) is 1.16.